The molecule has 0 saturated carbocycles. The van der Waals surface area contributed by atoms with Gasteiger partial charge in [0.05, 0.1) is 0 Å². The van der Waals surface area contributed by atoms with Crippen LogP contribution in [0.5, 0.6) is 0 Å². The maximum absolute atomic E-state index is 9.39. The van der Waals surface area contributed by atoms with Gasteiger partial charge >= 0.3 is 0 Å². The molecule has 0 amide bonds. The average molecular weight is 317 g/mol. The second-order valence-corrected chi connectivity index (χ2v) is 6.64. The zero-order valence-corrected chi connectivity index (χ0v) is 13.6. The minimum Gasteiger partial charge on any atom is -0.396 e. The number of thiophene rings is 1. The van der Waals surface area contributed by atoms with Crippen molar-refractivity contribution in [3.8, 4) is 0 Å². The smallest absolute Gasteiger partial charge is 0.0446 e. The molecule has 0 aromatic carbocycles. The van der Waals surface area contributed by atoms with Gasteiger partial charge in [0.2, 0.25) is 0 Å². The van der Waals surface area contributed by atoms with E-state index in [2.05, 4.69) is 43.7 Å². The highest BCUT2D eigenvalue weighted by molar-refractivity contribution is 7.07. The van der Waals surface area contributed by atoms with Gasteiger partial charge < -0.3 is 5.11 Å². The molecule has 3 heterocycles. The van der Waals surface area contributed by atoms with Crippen LogP contribution >= 0.6 is 11.3 Å². The lowest BCUT2D eigenvalue weighted by Gasteiger charge is -2.41. The summed E-state index contributed by atoms with van der Waals surface area (Å²) < 4.78 is 0. The standard InChI is InChI=1S/C17H23N3OS/c21-9-3-17-13-19(11-15-1-5-18-6-2-15)7-8-20(17)12-16-4-10-22-14-16/h1-2,4-6,10,14,17,21H,3,7-9,11-13H2. The van der Waals surface area contributed by atoms with Crippen molar-refractivity contribution < 1.29 is 5.11 Å². The van der Waals surface area contributed by atoms with Gasteiger partial charge in [-0.3, -0.25) is 14.8 Å². The summed E-state index contributed by atoms with van der Waals surface area (Å²) in [5, 5.41) is 13.7. The van der Waals surface area contributed by atoms with Gasteiger partial charge in [-0.1, -0.05) is 0 Å². The number of nitrogens with zero attached hydrogens (tertiary/aromatic N) is 3. The molecule has 1 atom stereocenters. The number of piperazine rings is 1. The third-order valence-corrected chi connectivity index (χ3v) is 5.00. The first-order chi connectivity index (χ1) is 10.8. The molecule has 0 radical (unpaired) electrons. The zero-order valence-electron chi connectivity index (χ0n) is 12.8. The Morgan fingerprint density at radius 1 is 1.14 bits per heavy atom. The highest BCUT2D eigenvalue weighted by Gasteiger charge is 2.26. The van der Waals surface area contributed by atoms with E-state index in [9.17, 15) is 5.11 Å². The van der Waals surface area contributed by atoms with Crippen molar-refractivity contribution in [1.82, 2.24) is 14.8 Å². The van der Waals surface area contributed by atoms with Crippen LogP contribution in [-0.2, 0) is 13.1 Å². The van der Waals surface area contributed by atoms with Crippen LogP contribution in [0.4, 0.5) is 0 Å². The molecule has 2 aromatic rings. The molecule has 1 aliphatic rings. The third-order valence-electron chi connectivity index (χ3n) is 4.27. The molecule has 1 N–H and O–H groups in total. The molecule has 1 aliphatic heterocycles. The molecule has 1 fully saturated rings. The van der Waals surface area contributed by atoms with Gasteiger partial charge in [-0.2, -0.15) is 11.3 Å². The molecule has 22 heavy (non-hydrogen) atoms. The third kappa shape index (κ3) is 4.14. The number of aliphatic hydroxyl groups excluding tert-OH is 1. The fourth-order valence-corrected chi connectivity index (χ4v) is 3.76. The molecule has 1 unspecified atom stereocenters. The van der Waals surface area contributed by atoms with Crippen LogP contribution in [0.25, 0.3) is 0 Å². The van der Waals surface area contributed by atoms with Gasteiger partial charge in [-0.15, -0.1) is 0 Å². The van der Waals surface area contributed by atoms with Gasteiger partial charge in [0.25, 0.3) is 0 Å². The van der Waals surface area contributed by atoms with Crippen LogP contribution in [0.1, 0.15) is 17.5 Å². The van der Waals surface area contributed by atoms with Crippen molar-refractivity contribution in [3.05, 3.63) is 52.5 Å². The Hall–Kier alpha value is -1.27. The van der Waals surface area contributed by atoms with E-state index < -0.39 is 0 Å². The van der Waals surface area contributed by atoms with Crippen LogP contribution in [0.3, 0.4) is 0 Å². The first-order valence-corrected chi connectivity index (χ1v) is 8.76. The number of rotatable bonds is 6. The van der Waals surface area contributed by atoms with Crippen molar-refractivity contribution in [1.29, 1.82) is 0 Å². The molecule has 0 spiro atoms. The van der Waals surface area contributed by atoms with Crippen molar-refractivity contribution in [2.24, 2.45) is 0 Å². The number of aliphatic hydroxyl groups is 1. The van der Waals surface area contributed by atoms with E-state index in [-0.39, 0.29) is 6.61 Å². The number of hydrogen-bond donors (Lipinski definition) is 1. The van der Waals surface area contributed by atoms with E-state index in [1.165, 1.54) is 11.1 Å². The minimum atomic E-state index is 0.258. The van der Waals surface area contributed by atoms with Crippen LogP contribution < -0.4 is 0 Å². The summed E-state index contributed by atoms with van der Waals surface area (Å²) in [6, 6.07) is 6.79. The first-order valence-electron chi connectivity index (χ1n) is 7.82. The summed E-state index contributed by atoms with van der Waals surface area (Å²) in [5.41, 5.74) is 2.69. The van der Waals surface area contributed by atoms with Crippen molar-refractivity contribution in [2.45, 2.75) is 25.6 Å². The fraction of sp³-hybridized carbons (Fsp3) is 0.471. The SMILES string of the molecule is OCCC1CN(Cc2ccncc2)CCN1Cc1ccsc1. The summed E-state index contributed by atoms with van der Waals surface area (Å²) in [4.78, 5) is 9.08. The molecular formula is C17H23N3OS. The zero-order chi connectivity index (χ0) is 15.2. The predicted octanol–water partition coefficient (Wildman–Crippen LogP) is 2.21. The maximum Gasteiger partial charge on any atom is 0.0446 e. The van der Waals surface area contributed by atoms with Gasteiger partial charge in [0, 0.05) is 57.8 Å². The predicted molar refractivity (Wildman–Crippen MR) is 89.7 cm³/mol. The Balaban J connectivity index is 1.60. The van der Waals surface area contributed by atoms with Gasteiger partial charge in [-0.25, -0.2) is 0 Å². The van der Waals surface area contributed by atoms with Crippen LogP contribution in [-0.4, -0.2) is 52.2 Å². The van der Waals surface area contributed by atoms with E-state index in [1.807, 2.05) is 12.4 Å². The number of pyridine rings is 1. The highest BCUT2D eigenvalue weighted by Crippen LogP contribution is 2.19. The van der Waals surface area contributed by atoms with Gasteiger partial charge in [0.1, 0.15) is 0 Å². The number of hydrogen-bond acceptors (Lipinski definition) is 5. The molecule has 2 aromatic heterocycles. The minimum absolute atomic E-state index is 0.258. The van der Waals surface area contributed by atoms with Crippen LogP contribution in [0, 0.1) is 0 Å². The van der Waals surface area contributed by atoms with E-state index >= 15 is 0 Å². The summed E-state index contributed by atoms with van der Waals surface area (Å²) in [5.74, 6) is 0. The lowest BCUT2D eigenvalue weighted by Crippen LogP contribution is -2.52. The van der Waals surface area contributed by atoms with E-state index in [0.29, 0.717) is 6.04 Å². The maximum atomic E-state index is 9.39. The second kappa shape index (κ2) is 7.83. The molecule has 5 heteroatoms. The van der Waals surface area contributed by atoms with E-state index in [1.54, 1.807) is 11.3 Å². The fourth-order valence-electron chi connectivity index (χ4n) is 3.10. The lowest BCUT2D eigenvalue weighted by atomic mass is 10.1. The summed E-state index contributed by atoms with van der Waals surface area (Å²) in [6.45, 7) is 5.38. The van der Waals surface area contributed by atoms with Crippen molar-refractivity contribution in [3.63, 3.8) is 0 Å². The van der Waals surface area contributed by atoms with Gasteiger partial charge in [0.15, 0.2) is 0 Å². The first kappa shape index (κ1) is 15.6. The van der Waals surface area contributed by atoms with Crippen LogP contribution in [0.15, 0.2) is 41.4 Å². The Morgan fingerprint density at radius 3 is 2.73 bits per heavy atom. The van der Waals surface area contributed by atoms with E-state index in [4.69, 9.17) is 0 Å². The normalized spacial score (nSPS) is 20.3. The quantitative estimate of drug-likeness (QED) is 0.887. The molecular weight excluding hydrogens is 294 g/mol. The molecule has 4 nitrogen and oxygen atoms in total. The Kier molecular flexibility index (Phi) is 5.56. The van der Waals surface area contributed by atoms with Crippen molar-refractivity contribution in [2.75, 3.05) is 26.2 Å². The molecule has 0 bridgehead atoms. The average Bonchev–Trinajstić information content (AvgIpc) is 3.04. The largest absolute Gasteiger partial charge is 0.396 e. The Bertz CT molecular complexity index is 546. The Labute approximate surface area is 136 Å². The monoisotopic (exact) mass is 317 g/mol. The number of aromatic nitrogens is 1. The van der Waals surface area contributed by atoms with Gasteiger partial charge in [-0.05, 0) is 46.5 Å². The summed E-state index contributed by atoms with van der Waals surface area (Å²) in [7, 11) is 0. The lowest BCUT2D eigenvalue weighted by molar-refractivity contribution is 0.0500. The van der Waals surface area contributed by atoms with E-state index in [0.717, 1.165) is 39.1 Å². The topological polar surface area (TPSA) is 39.6 Å². The molecule has 1 saturated heterocycles. The highest BCUT2D eigenvalue weighted by atomic mass is 32.1. The molecule has 118 valence electrons. The summed E-state index contributed by atoms with van der Waals surface area (Å²) in [6.07, 6.45) is 4.55. The Morgan fingerprint density at radius 2 is 2.00 bits per heavy atom. The summed E-state index contributed by atoms with van der Waals surface area (Å²) >= 11 is 1.75. The second-order valence-electron chi connectivity index (χ2n) is 5.86. The molecule has 0 aliphatic carbocycles. The van der Waals surface area contributed by atoms with Crippen molar-refractivity contribution >= 4 is 11.3 Å². The molecule has 3 rings (SSSR count). The van der Waals surface area contributed by atoms with Crippen LogP contribution in [0.2, 0.25) is 0 Å².